The van der Waals surface area contributed by atoms with Crippen molar-refractivity contribution in [3.63, 3.8) is 0 Å². The van der Waals surface area contributed by atoms with Gasteiger partial charge in [0.25, 0.3) is 5.56 Å². The van der Waals surface area contributed by atoms with Gasteiger partial charge in [0.1, 0.15) is 17.5 Å². The summed E-state index contributed by atoms with van der Waals surface area (Å²) >= 11 is 0. The van der Waals surface area contributed by atoms with Crippen LogP contribution < -0.4 is 10.9 Å². The molecule has 176 valence electrons. The van der Waals surface area contributed by atoms with Gasteiger partial charge in [-0.2, -0.15) is 5.10 Å². The van der Waals surface area contributed by atoms with Crippen molar-refractivity contribution in [3.05, 3.63) is 82.3 Å². The van der Waals surface area contributed by atoms with Crippen LogP contribution in [0.2, 0.25) is 0 Å². The Hall–Kier alpha value is -3.66. The summed E-state index contributed by atoms with van der Waals surface area (Å²) in [5.41, 5.74) is -0.970. The van der Waals surface area contributed by atoms with Crippen LogP contribution in [0.5, 0.6) is 0 Å². The molecule has 4 aromatic rings. The Morgan fingerprint density at radius 3 is 2.56 bits per heavy atom. The van der Waals surface area contributed by atoms with Gasteiger partial charge in [-0.25, -0.2) is 18.2 Å². The molecule has 1 saturated carbocycles. The van der Waals surface area contributed by atoms with Gasteiger partial charge in [0.15, 0.2) is 5.82 Å². The molecule has 3 aromatic heterocycles. The highest BCUT2D eigenvalue weighted by Crippen LogP contribution is 2.41. The fraction of sp³-hybridized carbons (Fsp3) is 0.292. The second kappa shape index (κ2) is 8.28. The van der Waals surface area contributed by atoms with Crippen LogP contribution in [0, 0.1) is 23.4 Å². The largest absolute Gasteiger partial charge is 0.394 e. The second-order valence-corrected chi connectivity index (χ2v) is 8.79. The maximum Gasteiger partial charge on any atom is 0.266 e. The highest BCUT2D eigenvalue weighted by Gasteiger charge is 2.41. The molecule has 10 heteroatoms. The van der Waals surface area contributed by atoms with Crippen LogP contribution in [-0.2, 0) is 6.54 Å². The first-order chi connectivity index (χ1) is 16.3. The van der Waals surface area contributed by atoms with E-state index < -0.39 is 28.5 Å². The second-order valence-electron chi connectivity index (χ2n) is 8.79. The predicted molar refractivity (Wildman–Crippen MR) is 120 cm³/mol. The smallest absolute Gasteiger partial charge is 0.266 e. The summed E-state index contributed by atoms with van der Waals surface area (Å²) in [6.07, 6.45) is 5.66. The molecule has 3 heterocycles. The predicted octanol–water partition coefficient (Wildman–Crippen LogP) is 3.62. The number of hydrogen-bond acceptors (Lipinski definition) is 5. The van der Waals surface area contributed by atoms with Crippen molar-refractivity contribution < 1.29 is 18.3 Å². The number of aliphatic hydroxyl groups excluding tert-OH is 1. The van der Waals surface area contributed by atoms with Gasteiger partial charge in [0, 0.05) is 17.8 Å². The number of benzene rings is 1. The average Bonchev–Trinajstić information content (AvgIpc) is 3.60. The summed E-state index contributed by atoms with van der Waals surface area (Å²) in [4.78, 5) is 17.2. The van der Waals surface area contributed by atoms with Crippen molar-refractivity contribution in [3.8, 4) is 5.69 Å². The van der Waals surface area contributed by atoms with Gasteiger partial charge in [-0.05, 0) is 43.9 Å². The van der Waals surface area contributed by atoms with E-state index >= 15 is 0 Å². The molecular weight excluding hydrogens is 447 g/mol. The van der Waals surface area contributed by atoms with Crippen molar-refractivity contribution in [2.75, 3.05) is 11.9 Å². The summed E-state index contributed by atoms with van der Waals surface area (Å²) in [5.74, 6) is -1.51. The Kier molecular flexibility index (Phi) is 5.40. The number of nitrogens with zero attached hydrogens (tertiary/aromatic N) is 4. The maximum absolute atomic E-state index is 14.7. The van der Waals surface area contributed by atoms with E-state index in [1.807, 2.05) is 6.92 Å². The Bertz CT molecular complexity index is 1430. The molecule has 0 aliphatic heterocycles. The molecule has 7 nitrogen and oxygen atoms in total. The van der Waals surface area contributed by atoms with Crippen molar-refractivity contribution in [2.24, 2.45) is 5.92 Å². The number of aromatic nitrogens is 4. The number of halogens is 3. The molecule has 1 aliphatic rings. The van der Waals surface area contributed by atoms with Crippen LogP contribution in [0.3, 0.4) is 0 Å². The highest BCUT2D eigenvalue weighted by molar-refractivity contribution is 5.78. The Labute approximate surface area is 192 Å². The van der Waals surface area contributed by atoms with Crippen LogP contribution in [0.25, 0.3) is 16.6 Å². The molecule has 0 radical (unpaired) electrons. The van der Waals surface area contributed by atoms with Crippen molar-refractivity contribution in [1.82, 2.24) is 19.3 Å². The number of fused-ring (bicyclic) bond motifs is 1. The van der Waals surface area contributed by atoms with E-state index in [1.165, 1.54) is 35.3 Å². The first-order valence-electron chi connectivity index (χ1n) is 10.9. The lowest BCUT2D eigenvalue weighted by molar-refractivity contribution is 0.205. The maximum atomic E-state index is 14.7. The topological polar surface area (TPSA) is 85.0 Å². The van der Waals surface area contributed by atoms with E-state index in [2.05, 4.69) is 15.4 Å². The lowest BCUT2D eigenvalue weighted by Gasteiger charge is -2.29. The van der Waals surface area contributed by atoms with Crippen LogP contribution in [0.4, 0.5) is 19.0 Å². The van der Waals surface area contributed by atoms with Gasteiger partial charge < -0.3 is 10.4 Å². The van der Waals surface area contributed by atoms with Gasteiger partial charge >= 0.3 is 0 Å². The molecule has 0 amide bonds. The van der Waals surface area contributed by atoms with E-state index in [0.717, 1.165) is 35.7 Å². The van der Waals surface area contributed by atoms with Crippen molar-refractivity contribution in [2.45, 2.75) is 31.8 Å². The fourth-order valence-corrected chi connectivity index (χ4v) is 4.19. The molecule has 1 unspecified atom stereocenters. The standard InChI is InChI=1S/C24H22F3N5O2/c1-24(13-33,14-5-6-14)30-22-9-21(19(27)11-28-22)31-8-7-20-15(23(31)34)10-29-32(20)12-16-17(25)3-2-4-18(16)26/h2-4,7-11,14,33H,5-6,12-13H2,1H3,(H,28,30). The van der Waals surface area contributed by atoms with Gasteiger partial charge in [0.2, 0.25) is 0 Å². The van der Waals surface area contributed by atoms with Crippen LogP contribution >= 0.6 is 0 Å². The number of hydrogen-bond donors (Lipinski definition) is 2. The third-order valence-corrected chi connectivity index (χ3v) is 6.40. The van der Waals surface area contributed by atoms with Crippen molar-refractivity contribution >= 4 is 16.7 Å². The van der Waals surface area contributed by atoms with E-state index in [4.69, 9.17) is 0 Å². The molecule has 5 rings (SSSR count). The lowest BCUT2D eigenvalue weighted by atomic mass is 9.97. The Morgan fingerprint density at radius 2 is 1.88 bits per heavy atom. The van der Waals surface area contributed by atoms with Crippen LogP contribution in [0.1, 0.15) is 25.3 Å². The molecule has 1 aromatic carbocycles. The molecule has 1 fully saturated rings. The van der Waals surface area contributed by atoms with Crippen LogP contribution in [-0.4, -0.2) is 36.6 Å². The molecule has 2 N–H and O–H groups in total. The molecule has 0 bridgehead atoms. The zero-order valence-electron chi connectivity index (χ0n) is 18.3. The molecule has 1 aliphatic carbocycles. The normalized spacial score (nSPS) is 15.4. The molecule has 0 spiro atoms. The van der Waals surface area contributed by atoms with E-state index in [0.29, 0.717) is 11.3 Å². The highest BCUT2D eigenvalue weighted by atomic mass is 19.1. The van der Waals surface area contributed by atoms with Crippen molar-refractivity contribution in [1.29, 1.82) is 0 Å². The van der Waals surface area contributed by atoms with Crippen LogP contribution in [0.15, 0.2) is 53.7 Å². The fourth-order valence-electron chi connectivity index (χ4n) is 4.19. The summed E-state index contributed by atoms with van der Waals surface area (Å²) in [6.45, 7) is 1.56. The zero-order valence-corrected chi connectivity index (χ0v) is 18.3. The SMILES string of the molecule is CC(CO)(Nc1cc(-n2ccc3c(cnn3Cc3c(F)cccc3F)c2=O)c(F)cn1)C1CC1. The summed E-state index contributed by atoms with van der Waals surface area (Å²) in [5, 5.41) is 17.3. The van der Waals surface area contributed by atoms with Gasteiger partial charge in [-0.1, -0.05) is 6.07 Å². The van der Waals surface area contributed by atoms with Gasteiger partial charge in [-0.3, -0.25) is 14.0 Å². The molecule has 34 heavy (non-hydrogen) atoms. The third kappa shape index (κ3) is 3.83. The monoisotopic (exact) mass is 469 g/mol. The average molecular weight is 469 g/mol. The third-order valence-electron chi connectivity index (χ3n) is 6.40. The molecule has 1 atom stereocenters. The molecule has 0 saturated heterocycles. The number of aliphatic hydroxyl groups is 1. The number of pyridine rings is 2. The van der Waals surface area contributed by atoms with Gasteiger partial charge in [-0.15, -0.1) is 0 Å². The minimum atomic E-state index is -0.711. The first-order valence-corrected chi connectivity index (χ1v) is 10.9. The Balaban J connectivity index is 1.52. The summed E-state index contributed by atoms with van der Waals surface area (Å²) in [6, 6.07) is 6.53. The lowest BCUT2D eigenvalue weighted by Crippen LogP contribution is -2.41. The quantitative estimate of drug-likeness (QED) is 0.432. The first kappa shape index (κ1) is 22.1. The number of rotatable bonds is 7. The minimum Gasteiger partial charge on any atom is -0.394 e. The zero-order chi connectivity index (χ0) is 24.0. The minimum absolute atomic E-state index is 0.0200. The van der Waals surface area contributed by atoms with Gasteiger partial charge in [0.05, 0.1) is 47.7 Å². The molecular formula is C24H22F3N5O2. The summed E-state index contributed by atoms with van der Waals surface area (Å²) in [7, 11) is 0. The van der Waals surface area contributed by atoms with E-state index in [9.17, 15) is 23.1 Å². The van der Waals surface area contributed by atoms with E-state index in [1.54, 1.807) is 0 Å². The Morgan fingerprint density at radius 1 is 1.15 bits per heavy atom. The number of anilines is 1. The van der Waals surface area contributed by atoms with E-state index in [-0.39, 0.29) is 35.7 Å². The number of nitrogens with one attached hydrogen (secondary N) is 1. The summed E-state index contributed by atoms with van der Waals surface area (Å²) < 4.78 is 45.3.